The van der Waals surface area contributed by atoms with Gasteiger partial charge in [0.15, 0.2) is 15.6 Å². The number of carbonyl (C=O) groups is 1. The molecule has 0 fully saturated rings. The molecular weight excluding hydrogens is 320 g/mol. The quantitative estimate of drug-likeness (QED) is 0.847. The van der Waals surface area contributed by atoms with Crippen LogP contribution in [0.1, 0.15) is 40.7 Å². The first-order valence-electron chi connectivity index (χ1n) is 8.39. The Morgan fingerprint density at radius 3 is 2.46 bits per heavy atom. The maximum atomic E-state index is 12.9. The molecule has 0 spiro atoms. The molecule has 2 aromatic carbocycles. The van der Waals surface area contributed by atoms with Crippen LogP contribution < -0.4 is 0 Å². The largest absolute Gasteiger partial charge is 0.294 e. The lowest BCUT2D eigenvalue weighted by Crippen LogP contribution is -2.26. The van der Waals surface area contributed by atoms with Crippen LogP contribution in [0.2, 0.25) is 0 Å². The molecule has 1 aliphatic rings. The van der Waals surface area contributed by atoms with Crippen LogP contribution >= 0.6 is 0 Å². The molecule has 1 atom stereocenters. The van der Waals surface area contributed by atoms with Gasteiger partial charge in [-0.3, -0.25) is 4.79 Å². The third-order valence-electron chi connectivity index (χ3n) is 4.70. The highest BCUT2D eigenvalue weighted by Crippen LogP contribution is 2.26. The average molecular weight is 342 g/mol. The fourth-order valence-corrected chi connectivity index (χ4v) is 4.89. The SMILES string of the molecule is Cc1ccc(S(=O)(=O)C[C@H]2CCCCc3ccccc3C2=O)cc1. The fourth-order valence-electron chi connectivity index (χ4n) is 3.30. The molecule has 0 aliphatic heterocycles. The van der Waals surface area contributed by atoms with E-state index in [1.54, 1.807) is 24.3 Å². The molecule has 1 aliphatic carbocycles. The van der Waals surface area contributed by atoms with E-state index < -0.39 is 15.8 Å². The summed E-state index contributed by atoms with van der Waals surface area (Å²) in [6, 6.07) is 14.4. The van der Waals surface area contributed by atoms with Gasteiger partial charge in [-0.05, 0) is 43.9 Å². The van der Waals surface area contributed by atoms with E-state index in [2.05, 4.69) is 0 Å². The van der Waals surface area contributed by atoms with Gasteiger partial charge in [0.1, 0.15) is 0 Å². The standard InChI is InChI=1S/C20H22O3S/c1-15-10-12-18(13-11-15)24(22,23)14-17-8-3-2-6-16-7-4-5-9-19(16)20(17)21/h4-5,7,9-13,17H,2-3,6,8,14H2,1H3/t17-/m1/s1. The fraction of sp³-hybridized carbons (Fsp3) is 0.350. The van der Waals surface area contributed by atoms with Gasteiger partial charge >= 0.3 is 0 Å². The van der Waals surface area contributed by atoms with Gasteiger partial charge in [0.2, 0.25) is 0 Å². The second-order valence-corrected chi connectivity index (χ2v) is 8.59. The molecule has 0 amide bonds. The second kappa shape index (κ2) is 6.89. The Kier molecular flexibility index (Phi) is 4.86. The molecule has 3 rings (SSSR count). The summed E-state index contributed by atoms with van der Waals surface area (Å²) in [5.74, 6) is -0.595. The van der Waals surface area contributed by atoms with Gasteiger partial charge in [0.05, 0.1) is 10.6 Å². The van der Waals surface area contributed by atoms with Crippen molar-refractivity contribution < 1.29 is 13.2 Å². The summed E-state index contributed by atoms with van der Waals surface area (Å²) in [4.78, 5) is 13.2. The molecule has 0 saturated heterocycles. The summed E-state index contributed by atoms with van der Waals surface area (Å²) < 4.78 is 25.4. The van der Waals surface area contributed by atoms with Gasteiger partial charge in [0.25, 0.3) is 0 Å². The molecular formula is C20H22O3S. The number of carbonyl (C=O) groups excluding carboxylic acids is 1. The van der Waals surface area contributed by atoms with Crippen molar-refractivity contribution in [3.63, 3.8) is 0 Å². The molecule has 0 heterocycles. The van der Waals surface area contributed by atoms with Crippen molar-refractivity contribution in [1.82, 2.24) is 0 Å². The third-order valence-corrected chi connectivity index (χ3v) is 6.53. The smallest absolute Gasteiger partial charge is 0.179 e. The molecule has 0 unspecified atom stereocenters. The first kappa shape index (κ1) is 16.9. The second-order valence-electron chi connectivity index (χ2n) is 6.56. The highest BCUT2D eigenvalue weighted by atomic mass is 32.2. The molecule has 0 saturated carbocycles. The van der Waals surface area contributed by atoms with Gasteiger partial charge in [-0.15, -0.1) is 0 Å². The van der Waals surface area contributed by atoms with Crippen LogP contribution in [-0.2, 0) is 16.3 Å². The van der Waals surface area contributed by atoms with E-state index in [1.807, 2.05) is 31.2 Å². The van der Waals surface area contributed by atoms with Crippen LogP contribution in [0, 0.1) is 12.8 Å². The normalized spacial score (nSPS) is 18.5. The summed E-state index contributed by atoms with van der Waals surface area (Å²) >= 11 is 0. The van der Waals surface area contributed by atoms with E-state index in [0.29, 0.717) is 16.9 Å². The molecule has 24 heavy (non-hydrogen) atoms. The number of aryl methyl sites for hydroxylation is 2. The number of hydrogen-bond acceptors (Lipinski definition) is 3. The minimum atomic E-state index is -3.46. The Balaban J connectivity index is 1.89. The van der Waals surface area contributed by atoms with E-state index in [4.69, 9.17) is 0 Å². The van der Waals surface area contributed by atoms with Gasteiger partial charge < -0.3 is 0 Å². The van der Waals surface area contributed by atoms with Crippen LogP contribution in [0.4, 0.5) is 0 Å². The van der Waals surface area contributed by atoms with E-state index >= 15 is 0 Å². The zero-order valence-corrected chi connectivity index (χ0v) is 14.7. The van der Waals surface area contributed by atoms with E-state index in [9.17, 15) is 13.2 Å². The Morgan fingerprint density at radius 1 is 1.00 bits per heavy atom. The summed E-state index contributed by atoms with van der Waals surface area (Å²) in [7, 11) is -3.46. The third kappa shape index (κ3) is 3.59. The molecule has 4 heteroatoms. The van der Waals surface area contributed by atoms with Crippen molar-refractivity contribution in [2.24, 2.45) is 5.92 Å². The Bertz CT molecular complexity index is 835. The molecule has 126 valence electrons. The molecule has 2 aromatic rings. The lowest BCUT2D eigenvalue weighted by Gasteiger charge is -2.21. The number of sulfone groups is 1. The van der Waals surface area contributed by atoms with E-state index in [1.165, 1.54) is 0 Å². The highest BCUT2D eigenvalue weighted by Gasteiger charge is 2.29. The summed E-state index contributed by atoms with van der Waals surface area (Å²) in [6.45, 7) is 1.92. The Labute approximate surface area is 143 Å². The van der Waals surface area contributed by atoms with Gasteiger partial charge in [-0.2, -0.15) is 0 Å². The topological polar surface area (TPSA) is 51.2 Å². The van der Waals surface area contributed by atoms with Crippen LogP contribution in [0.25, 0.3) is 0 Å². The van der Waals surface area contributed by atoms with Crippen molar-refractivity contribution in [1.29, 1.82) is 0 Å². The van der Waals surface area contributed by atoms with Crippen molar-refractivity contribution in [3.05, 3.63) is 65.2 Å². The first-order chi connectivity index (χ1) is 11.5. The van der Waals surface area contributed by atoms with Gasteiger partial charge in [-0.25, -0.2) is 8.42 Å². The number of ketones is 1. The lowest BCUT2D eigenvalue weighted by molar-refractivity contribution is 0.0920. The highest BCUT2D eigenvalue weighted by molar-refractivity contribution is 7.91. The van der Waals surface area contributed by atoms with Crippen molar-refractivity contribution in [2.45, 2.75) is 37.5 Å². The van der Waals surface area contributed by atoms with Crippen molar-refractivity contribution >= 4 is 15.6 Å². The summed E-state index contributed by atoms with van der Waals surface area (Å²) in [5, 5.41) is 0. The minimum absolute atomic E-state index is 0.0269. The van der Waals surface area contributed by atoms with Crippen LogP contribution in [-0.4, -0.2) is 20.0 Å². The molecule has 0 bridgehead atoms. The van der Waals surface area contributed by atoms with Crippen LogP contribution in [0.5, 0.6) is 0 Å². The first-order valence-corrected chi connectivity index (χ1v) is 10.0. The predicted molar refractivity (Wildman–Crippen MR) is 95.0 cm³/mol. The molecule has 0 radical (unpaired) electrons. The number of rotatable bonds is 3. The molecule has 3 nitrogen and oxygen atoms in total. The van der Waals surface area contributed by atoms with Crippen molar-refractivity contribution in [2.75, 3.05) is 5.75 Å². The van der Waals surface area contributed by atoms with E-state index in [-0.39, 0.29) is 11.5 Å². The van der Waals surface area contributed by atoms with Crippen LogP contribution in [0.15, 0.2) is 53.4 Å². The monoisotopic (exact) mass is 342 g/mol. The lowest BCUT2D eigenvalue weighted by atomic mass is 9.86. The van der Waals surface area contributed by atoms with E-state index in [0.717, 1.165) is 30.4 Å². The number of benzene rings is 2. The zero-order valence-electron chi connectivity index (χ0n) is 13.9. The van der Waals surface area contributed by atoms with Gasteiger partial charge in [-0.1, -0.05) is 48.4 Å². The number of Topliss-reactive ketones (excluding diaryl/α,β-unsaturated/α-hetero) is 1. The number of hydrogen-bond donors (Lipinski definition) is 0. The predicted octanol–water partition coefficient (Wildman–Crippen LogP) is 3.99. The Hall–Kier alpha value is -1.94. The van der Waals surface area contributed by atoms with Crippen LogP contribution in [0.3, 0.4) is 0 Å². The zero-order chi connectivity index (χ0) is 17.2. The number of fused-ring (bicyclic) bond motifs is 1. The van der Waals surface area contributed by atoms with Gasteiger partial charge in [0, 0.05) is 11.5 Å². The molecule has 0 aromatic heterocycles. The van der Waals surface area contributed by atoms with Crippen molar-refractivity contribution in [3.8, 4) is 0 Å². The minimum Gasteiger partial charge on any atom is -0.294 e. The maximum absolute atomic E-state index is 12.9. The Morgan fingerprint density at radius 2 is 1.71 bits per heavy atom. The molecule has 0 N–H and O–H groups in total. The summed E-state index contributed by atoms with van der Waals surface area (Å²) in [6.07, 6.45) is 3.40. The summed E-state index contributed by atoms with van der Waals surface area (Å²) in [5.41, 5.74) is 2.76. The maximum Gasteiger partial charge on any atom is 0.179 e. The average Bonchev–Trinajstić information content (AvgIpc) is 2.56.